The third-order valence-electron chi connectivity index (χ3n) is 7.13. The lowest BCUT2D eigenvalue weighted by atomic mass is 9.86. The van der Waals surface area contributed by atoms with Crippen molar-refractivity contribution in [1.29, 1.82) is 5.26 Å². The molecule has 2 aliphatic carbocycles. The van der Waals surface area contributed by atoms with Gasteiger partial charge in [0.15, 0.2) is 0 Å². The van der Waals surface area contributed by atoms with Crippen LogP contribution in [0, 0.1) is 17.2 Å². The quantitative estimate of drug-likeness (QED) is 0.418. The molecule has 2 aromatic rings. The molecule has 0 N–H and O–H groups in total. The van der Waals surface area contributed by atoms with Crippen LogP contribution in [0.15, 0.2) is 30.3 Å². The lowest BCUT2D eigenvalue weighted by molar-refractivity contribution is -0.137. The molecule has 2 aromatic carbocycles. The van der Waals surface area contributed by atoms with E-state index in [1.165, 1.54) is 42.0 Å². The maximum Gasteiger partial charge on any atom is 0.416 e. The first-order chi connectivity index (χ1) is 17.2. The summed E-state index contributed by atoms with van der Waals surface area (Å²) in [6.07, 6.45) is 1.32. The molecule has 5 nitrogen and oxygen atoms in total. The summed E-state index contributed by atoms with van der Waals surface area (Å²) in [6, 6.07) is 9.36. The van der Waals surface area contributed by atoms with Crippen molar-refractivity contribution >= 4 is 11.8 Å². The lowest BCUT2D eigenvalue weighted by Crippen LogP contribution is -2.33. The van der Waals surface area contributed by atoms with Crippen LogP contribution in [0.1, 0.15) is 66.0 Å². The van der Waals surface area contributed by atoms with E-state index in [-0.39, 0.29) is 24.2 Å². The average molecular weight is 500 g/mol. The van der Waals surface area contributed by atoms with Crippen LogP contribution < -0.4 is 4.90 Å². The molecule has 8 heteroatoms. The van der Waals surface area contributed by atoms with E-state index < -0.39 is 17.8 Å². The zero-order chi connectivity index (χ0) is 25.9. The van der Waals surface area contributed by atoms with Crippen LogP contribution in [-0.2, 0) is 36.8 Å². The smallest absolute Gasteiger partial charge is 0.416 e. The number of alkyl halides is 3. The normalized spacial score (nSPS) is 15.1. The Morgan fingerprint density at radius 3 is 2.53 bits per heavy atom. The van der Waals surface area contributed by atoms with Crippen LogP contribution >= 0.6 is 0 Å². The largest absolute Gasteiger partial charge is 0.453 e. The van der Waals surface area contributed by atoms with Gasteiger partial charge in [-0.1, -0.05) is 6.07 Å². The molecule has 1 fully saturated rings. The van der Waals surface area contributed by atoms with Crippen LogP contribution in [0.4, 0.5) is 23.7 Å². The maximum atomic E-state index is 13.5. The van der Waals surface area contributed by atoms with Gasteiger partial charge in [-0.3, -0.25) is 4.90 Å². The molecule has 1 amide bonds. The molecule has 192 valence electrons. The van der Waals surface area contributed by atoms with Gasteiger partial charge in [-0.2, -0.15) is 18.4 Å². The second kappa shape index (κ2) is 10.8. The number of fused-ring (bicyclic) bond motifs is 1. The molecular weight excluding hydrogens is 467 g/mol. The predicted octanol–water partition coefficient (Wildman–Crippen LogP) is 6.46. The van der Waals surface area contributed by atoms with E-state index in [0.717, 1.165) is 62.2 Å². The van der Waals surface area contributed by atoms with Crippen LogP contribution in [0.25, 0.3) is 0 Å². The highest BCUT2D eigenvalue weighted by molar-refractivity contribution is 5.69. The monoisotopic (exact) mass is 499 g/mol. The Morgan fingerprint density at radius 2 is 1.89 bits per heavy atom. The van der Waals surface area contributed by atoms with Gasteiger partial charge in [0.2, 0.25) is 0 Å². The van der Waals surface area contributed by atoms with Crippen molar-refractivity contribution in [1.82, 2.24) is 4.90 Å². The van der Waals surface area contributed by atoms with E-state index in [0.29, 0.717) is 5.92 Å². The van der Waals surface area contributed by atoms with Gasteiger partial charge in [-0.15, -0.1) is 0 Å². The first-order valence-corrected chi connectivity index (χ1v) is 12.6. The Hall–Kier alpha value is -3.21. The molecule has 0 saturated heterocycles. The number of benzene rings is 2. The van der Waals surface area contributed by atoms with E-state index in [1.807, 2.05) is 0 Å². The first kappa shape index (κ1) is 25.9. The van der Waals surface area contributed by atoms with Crippen molar-refractivity contribution in [3.8, 4) is 6.07 Å². The van der Waals surface area contributed by atoms with E-state index >= 15 is 0 Å². The Balaban J connectivity index is 1.72. The topological polar surface area (TPSA) is 56.6 Å². The average Bonchev–Trinajstić information content (AvgIpc) is 3.70. The fourth-order valence-electron chi connectivity index (χ4n) is 5.11. The van der Waals surface area contributed by atoms with E-state index in [1.54, 1.807) is 6.07 Å². The second-order valence-corrected chi connectivity index (χ2v) is 9.74. The highest BCUT2D eigenvalue weighted by Gasteiger charge is 2.32. The zero-order valence-electron chi connectivity index (χ0n) is 20.8. The Bertz CT molecular complexity index is 1150. The van der Waals surface area contributed by atoms with Gasteiger partial charge in [-0.05, 0) is 97.9 Å². The molecule has 36 heavy (non-hydrogen) atoms. The summed E-state index contributed by atoms with van der Waals surface area (Å²) in [5.41, 5.74) is 3.89. The Labute approximate surface area is 210 Å². The minimum atomic E-state index is -4.59. The number of methoxy groups -OCH3 is 1. The van der Waals surface area contributed by atoms with Crippen molar-refractivity contribution in [3.63, 3.8) is 0 Å². The molecule has 0 spiro atoms. The van der Waals surface area contributed by atoms with Gasteiger partial charge in [0.05, 0.1) is 30.9 Å². The zero-order valence-corrected chi connectivity index (χ0v) is 20.8. The number of nitriles is 1. The number of hydrogen-bond acceptors (Lipinski definition) is 4. The third-order valence-corrected chi connectivity index (χ3v) is 7.13. The molecule has 0 radical (unpaired) electrons. The lowest BCUT2D eigenvalue weighted by Gasteiger charge is -2.32. The molecule has 0 aliphatic heterocycles. The summed E-state index contributed by atoms with van der Waals surface area (Å²) in [7, 11) is 1.27. The molecule has 0 atom stereocenters. The third kappa shape index (κ3) is 5.95. The van der Waals surface area contributed by atoms with Gasteiger partial charge >= 0.3 is 12.3 Å². The van der Waals surface area contributed by atoms with Gasteiger partial charge < -0.3 is 9.64 Å². The minimum Gasteiger partial charge on any atom is -0.453 e. The standard InChI is InChI=1S/C28H32F3N3O2/c1-3-33(16-19-8-9-19)26-11-10-22-6-4-5-7-24(22)25(26)18-34(27(35)36-2)17-21-12-20(15-32)13-23(14-21)28(29,30)31/h10-14,19H,3-9,16-18H2,1-2H3. The van der Waals surface area contributed by atoms with E-state index in [2.05, 4.69) is 24.0 Å². The number of rotatable bonds is 8. The molecule has 0 unspecified atom stereocenters. The molecule has 0 bridgehead atoms. The number of carbonyl (C=O) groups is 1. The van der Waals surface area contributed by atoms with E-state index in [9.17, 15) is 23.2 Å². The van der Waals surface area contributed by atoms with Crippen LogP contribution in [0.2, 0.25) is 0 Å². The summed E-state index contributed by atoms with van der Waals surface area (Å²) in [5, 5.41) is 9.28. The minimum absolute atomic E-state index is 0.0935. The van der Waals surface area contributed by atoms with Gasteiger partial charge in [0.25, 0.3) is 0 Å². The summed E-state index contributed by atoms with van der Waals surface area (Å²) in [5.74, 6) is 0.681. The second-order valence-electron chi connectivity index (χ2n) is 9.74. The summed E-state index contributed by atoms with van der Waals surface area (Å²) in [4.78, 5) is 16.7. The fourth-order valence-corrected chi connectivity index (χ4v) is 5.11. The highest BCUT2D eigenvalue weighted by Crippen LogP contribution is 2.37. The number of anilines is 1. The van der Waals surface area contributed by atoms with Crippen molar-refractivity contribution in [2.75, 3.05) is 25.1 Å². The summed E-state index contributed by atoms with van der Waals surface area (Å²) >= 11 is 0. The molecule has 2 aliphatic rings. The van der Waals surface area contributed by atoms with Crippen molar-refractivity contribution in [3.05, 3.63) is 63.7 Å². The van der Waals surface area contributed by atoms with Gasteiger partial charge in [0, 0.05) is 25.3 Å². The molecular formula is C28H32F3N3O2. The number of halogens is 3. The van der Waals surface area contributed by atoms with Crippen molar-refractivity contribution in [2.45, 2.75) is 64.7 Å². The van der Waals surface area contributed by atoms with E-state index in [4.69, 9.17) is 4.74 Å². The van der Waals surface area contributed by atoms with Crippen molar-refractivity contribution in [2.24, 2.45) is 5.92 Å². The van der Waals surface area contributed by atoms with Crippen LogP contribution in [0.3, 0.4) is 0 Å². The van der Waals surface area contributed by atoms with Crippen LogP contribution in [-0.4, -0.2) is 31.2 Å². The molecule has 4 rings (SSSR count). The number of ether oxygens (including phenoxy) is 1. The molecule has 0 heterocycles. The summed E-state index contributed by atoms with van der Waals surface area (Å²) < 4.78 is 45.4. The van der Waals surface area contributed by atoms with Crippen molar-refractivity contribution < 1.29 is 22.7 Å². The Kier molecular flexibility index (Phi) is 7.77. The molecule has 1 saturated carbocycles. The highest BCUT2D eigenvalue weighted by atomic mass is 19.4. The summed E-state index contributed by atoms with van der Waals surface area (Å²) in [6.45, 7) is 4.04. The van der Waals surface area contributed by atoms with Crippen LogP contribution in [0.5, 0.6) is 0 Å². The number of amides is 1. The molecule has 0 aromatic heterocycles. The Morgan fingerprint density at radius 1 is 1.14 bits per heavy atom. The first-order valence-electron chi connectivity index (χ1n) is 12.6. The number of carbonyl (C=O) groups excluding carboxylic acids is 1. The SMILES string of the molecule is CCN(CC1CC1)c1ccc2c(c1CN(Cc1cc(C#N)cc(C(F)(F)F)c1)C(=O)OC)CCCC2. The van der Waals surface area contributed by atoms with Gasteiger partial charge in [0.1, 0.15) is 0 Å². The van der Waals surface area contributed by atoms with Gasteiger partial charge in [-0.25, -0.2) is 4.79 Å². The predicted molar refractivity (Wildman–Crippen MR) is 132 cm³/mol. The fraction of sp³-hybridized carbons (Fsp3) is 0.500. The number of hydrogen-bond donors (Lipinski definition) is 0. The maximum absolute atomic E-state index is 13.5. The number of aryl methyl sites for hydroxylation is 1. The number of nitrogens with zero attached hydrogens (tertiary/aromatic N) is 3.